The molecule has 1 unspecified atom stereocenters. The van der Waals surface area contributed by atoms with Gasteiger partial charge in [-0.1, -0.05) is 25.7 Å². The second-order valence-electron chi connectivity index (χ2n) is 4.68. The van der Waals surface area contributed by atoms with Crippen molar-refractivity contribution in [2.75, 3.05) is 0 Å². The molecule has 0 aliphatic heterocycles. The Hall–Kier alpha value is 0.580. The molecule has 1 aromatic heterocycles. The first-order chi connectivity index (χ1) is 8.22. The molecule has 1 heterocycles. The fourth-order valence-electron chi connectivity index (χ4n) is 2.69. The van der Waals surface area contributed by atoms with Gasteiger partial charge in [-0.05, 0) is 62.2 Å². The van der Waals surface area contributed by atoms with Crippen molar-refractivity contribution in [2.24, 2.45) is 11.8 Å². The van der Waals surface area contributed by atoms with Crippen LogP contribution in [0.3, 0.4) is 0 Å². The maximum absolute atomic E-state index is 5.78. The van der Waals surface area contributed by atoms with Crippen LogP contribution in [0.1, 0.15) is 50.1 Å². The molecule has 2 rings (SSSR count). The van der Waals surface area contributed by atoms with Crippen LogP contribution >= 0.6 is 43.2 Å². The summed E-state index contributed by atoms with van der Waals surface area (Å²) in [5, 5.41) is 0. The molecular weight excluding hydrogens is 364 g/mol. The highest BCUT2D eigenvalue weighted by atomic mass is 79.9. The fourth-order valence-corrected chi connectivity index (χ4v) is 5.62. The summed E-state index contributed by atoms with van der Waals surface area (Å²) in [6.45, 7) is 0. The van der Waals surface area contributed by atoms with Crippen molar-refractivity contribution in [1.29, 1.82) is 0 Å². The lowest BCUT2D eigenvalue weighted by Gasteiger charge is -2.25. The molecule has 1 saturated carbocycles. The average Bonchev–Trinajstić information content (AvgIpc) is 2.55. The molecule has 1 aliphatic rings. The first kappa shape index (κ1) is 14.0. The molecule has 1 aromatic rings. The van der Waals surface area contributed by atoms with Crippen LogP contribution < -0.4 is 11.3 Å². The van der Waals surface area contributed by atoms with Crippen molar-refractivity contribution in [2.45, 2.75) is 44.6 Å². The summed E-state index contributed by atoms with van der Waals surface area (Å²) in [5.41, 5.74) is 4.33. The minimum Gasteiger partial charge on any atom is -0.271 e. The Labute approximate surface area is 124 Å². The topological polar surface area (TPSA) is 38.0 Å². The van der Waals surface area contributed by atoms with E-state index in [9.17, 15) is 0 Å². The van der Waals surface area contributed by atoms with E-state index in [0.29, 0.717) is 5.92 Å². The highest BCUT2D eigenvalue weighted by Gasteiger charge is 2.26. The zero-order valence-electron chi connectivity index (χ0n) is 9.72. The van der Waals surface area contributed by atoms with E-state index in [1.807, 2.05) is 0 Å². The van der Waals surface area contributed by atoms with Gasteiger partial charge in [-0.2, -0.15) is 0 Å². The third kappa shape index (κ3) is 3.53. The molecule has 0 saturated heterocycles. The zero-order chi connectivity index (χ0) is 12.3. The molecule has 3 N–H and O–H groups in total. The summed E-state index contributed by atoms with van der Waals surface area (Å²) in [4.78, 5) is 0. The van der Waals surface area contributed by atoms with Gasteiger partial charge in [-0.15, -0.1) is 11.3 Å². The number of hydrogen-bond acceptors (Lipinski definition) is 3. The lowest BCUT2D eigenvalue weighted by molar-refractivity contribution is 0.329. The van der Waals surface area contributed by atoms with Crippen LogP contribution in [0.2, 0.25) is 0 Å². The number of thiophene rings is 1. The molecule has 0 amide bonds. The van der Waals surface area contributed by atoms with Gasteiger partial charge in [-0.3, -0.25) is 11.3 Å². The highest BCUT2D eigenvalue weighted by molar-refractivity contribution is 9.12. The van der Waals surface area contributed by atoms with Crippen LogP contribution in [-0.2, 0) is 0 Å². The Kier molecular flexibility index (Phi) is 5.49. The number of nitrogens with two attached hydrogens (primary N) is 1. The molecule has 0 bridgehead atoms. The van der Waals surface area contributed by atoms with Crippen LogP contribution in [-0.4, -0.2) is 0 Å². The highest BCUT2D eigenvalue weighted by Crippen LogP contribution is 2.41. The summed E-state index contributed by atoms with van der Waals surface area (Å²) >= 11 is 8.90. The fraction of sp³-hybridized carbons (Fsp3) is 0.667. The molecule has 5 heteroatoms. The van der Waals surface area contributed by atoms with Crippen LogP contribution in [0, 0.1) is 5.92 Å². The Morgan fingerprint density at radius 2 is 1.88 bits per heavy atom. The van der Waals surface area contributed by atoms with Crippen LogP contribution in [0.15, 0.2) is 13.6 Å². The predicted octanol–water partition coefficient (Wildman–Crippen LogP) is 4.75. The van der Waals surface area contributed by atoms with E-state index in [4.69, 9.17) is 5.84 Å². The van der Waals surface area contributed by atoms with Gasteiger partial charge in [0.1, 0.15) is 0 Å². The van der Waals surface area contributed by atoms with E-state index in [2.05, 4.69) is 43.4 Å². The van der Waals surface area contributed by atoms with E-state index in [1.165, 1.54) is 47.9 Å². The zero-order valence-corrected chi connectivity index (χ0v) is 13.7. The molecule has 1 fully saturated rings. The van der Waals surface area contributed by atoms with E-state index in [-0.39, 0.29) is 6.04 Å². The Bertz CT molecular complexity index is 359. The molecule has 0 aromatic carbocycles. The molecule has 17 heavy (non-hydrogen) atoms. The monoisotopic (exact) mass is 380 g/mol. The molecule has 0 radical (unpaired) electrons. The second kappa shape index (κ2) is 6.66. The van der Waals surface area contributed by atoms with Gasteiger partial charge in [-0.25, -0.2) is 0 Å². The van der Waals surface area contributed by atoms with E-state index < -0.39 is 0 Å². The van der Waals surface area contributed by atoms with Crippen molar-refractivity contribution in [1.82, 2.24) is 5.43 Å². The standard InChI is InChI=1S/C12H18Br2N2S/c13-10-7-9(12(14)17-10)11(16-15)8-5-3-1-2-4-6-8/h7-8,11,16H,1-6,15H2. The summed E-state index contributed by atoms with van der Waals surface area (Å²) in [5.74, 6) is 6.45. The lowest BCUT2D eigenvalue weighted by atomic mass is 9.89. The predicted molar refractivity (Wildman–Crippen MR) is 81.0 cm³/mol. The number of halogens is 2. The van der Waals surface area contributed by atoms with Gasteiger partial charge in [0.25, 0.3) is 0 Å². The van der Waals surface area contributed by atoms with E-state index >= 15 is 0 Å². The minimum atomic E-state index is 0.282. The van der Waals surface area contributed by atoms with Gasteiger partial charge in [0.2, 0.25) is 0 Å². The molecule has 96 valence electrons. The largest absolute Gasteiger partial charge is 0.271 e. The van der Waals surface area contributed by atoms with Crippen molar-refractivity contribution >= 4 is 43.2 Å². The third-order valence-corrected chi connectivity index (χ3v) is 5.95. The SMILES string of the molecule is NNC(c1cc(Br)sc1Br)C1CCCCCC1. The van der Waals surface area contributed by atoms with Gasteiger partial charge in [0.05, 0.1) is 13.6 Å². The molecule has 1 atom stereocenters. The normalized spacial score (nSPS) is 20.2. The number of hydrazine groups is 1. The van der Waals surface area contributed by atoms with Crippen molar-refractivity contribution in [3.8, 4) is 0 Å². The van der Waals surface area contributed by atoms with Crippen LogP contribution in [0.25, 0.3) is 0 Å². The quantitative estimate of drug-likeness (QED) is 0.450. The van der Waals surface area contributed by atoms with Gasteiger partial charge < -0.3 is 0 Å². The lowest BCUT2D eigenvalue weighted by Crippen LogP contribution is -2.33. The summed E-state index contributed by atoms with van der Waals surface area (Å²) < 4.78 is 2.35. The molecule has 0 spiro atoms. The Morgan fingerprint density at radius 3 is 2.35 bits per heavy atom. The first-order valence-corrected chi connectivity index (χ1v) is 8.53. The van der Waals surface area contributed by atoms with Crippen molar-refractivity contribution in [3.05, 3.63) is 19.2 Å². The number of nitrogens with one attached hydrogen (secondary N) is 1. The maximum atomic E-state index is 5.78. The first-order valence-electron chi connectivity index (χ1n) is 6.13. The second-order valence-corrected chi connectivity index (χ2v) is 8.42. The smallest absolute Gasteiger partial charge is 0.0758 e. The van der Waals surface area contributed by atoms with E-state index in [0.717, 1.165) is 3.79 Å². The van der Waals surface area contributed by atoms with Gasteiger partial charge in [0, 0.05) is 0 Å². The van der Waals surface area contributed by atoms with Gasteiger partial charge in [0.15, 0.2) is 0 Å². The average molecular weight is 382 g/mol. The maximum Gasteiger partial charge on any atom is 0.0758 e. The van der Waals surface area contributed by atoms with Crippen molar-refractivity contribution < 1.29 is 0 Å². The number of rotatable bonds is 3. The number of hydrogen-bond donors (Lipinski definition) is 2. The Balaban J connectivity index is 2.16. The minimum absolute atomic E-state index is 0.282. The molecular formula is C12H18Br2N2S. The van der Waals surface area contributed by atoms with Crippen molar-refractivity contribution in [3.63, 3.8) is 0 Å². The Morgan fingerprint density at radius 1 is 1.24 bits per heavy atom. The van der Waals surface area contributed by atoms with Crippen LogP contribution in [0.5, 0.6) is 0 Å². The molecule has 1 aliphatic carbocycles. The third-order valence-electron chi connectivity index (χ3n) is 3.57. The van der Waals surface area contributed by atoms with Gasteiger partial charge >= 0.3 is 0 Å². The van der Waals surface area contributed by atoms with E-state index in [1.54, 1.807) is 11.3 Å². The van der Waals surface area contributed by atoms with Crippen LogP contribution in [0.4, 0.5) is 0 Å². The molecule has 2 nitrogen and oxygen atoms in total. The summed E-state index contributed by atoms with van der Waals surface area (Å²) in [6.07, 6.45) is 8.01. The summed E-state index contributed by atoms with van der Waals surface area (Å²) in [6, 6.07) is 2.47. The summed E-state index contributed by atoms with van der Waals surface area (Å²) in [7, 11) is 0.